The second-order valence-electron chi connectivity index (χ2n) is 6.41. The molecule has 1 aliphatic rings. The monoisotopic (exact) mass is 266 g/mol. The van der Waals surface area contributed by atoms with E-state index in [4.69, 9.17) is 4.74 Å². The lowest BCUT2D eigenvalue weighted by molar-refractivity contribution is -0.0182. The number of aromatic amines is 1. The Morgan fingerprint density at radius 2 is 2.32 bits per heavy atom. The Hall–Kier alpha value is -0.910. The zero-order valence-electron chi connectivity index (χ0n) is 12.5. The van der Waals surface area contributed by atoms with Crippen molar-refractivity contribution in [2.24, 2.45) is 0 Å². The molecule has 0 aromatic carbocycles. The summed E-state index contributed by atoms with van der Waals surface area (Å²) < 4.78 is 5.74. The minimum Gasteiger partial charge on any atom is -0.374 e. The molecule has 0 unspecified atom stereocenters. The summed E-state index contributed by atoms with van der Waals surface area (Å²) in [7, 11) is 2.14. The number of nitrogens with zero attached hydrogens (tertiary/aromatic N) is 2. The number of likely N-dealkylation sites (N-methyl/N-ethyl adjacent to an activating group) is 1. The Bertz CT molecular complexity index is 396. The molecule has 0 radical (unpaired) electrons. The lowest BCUT2D eigenvalue weighted by Crippen LogP contribution is -2.44. The number of ether oxygens (including phenoxy) is 1. The zero-order valence-corrected chi connectivity index (χ0v) is 12.5. The molecular weight excluding hydrogens is 240 g/mol. The summed E-state index contributed by atoms with van der Waals surface area (Å²) in [6.07, 6.45) is 2.21. The van der Waals surface area contributed by atoms with Crippen LogP contribution in [-0.4, -0.2) is 54.5 Å². The Morgan fingerprint density at radius 1 is 1.53 bits per heavy atom. The summed E-state index contributed by atoms with van der Waals surface area (Å²) in [6, 6.07) is 0. The van der Waals surface area contributed by atoms with Gasteiger partial charge in [0, 0.05) is 42.9 Å². The Labute approximate surface area is 115 Å². The summed E-state index contributed by atoms with van der Waals surface area (Å²) in [5, 5.41) is 10.8. The van der Waals surface area contributed by atoms with E-state index in [0.717, 1.165) is 32.8 Å². The van der Waals surface area contributed by atoms with Crippen LogP contribution in [0.3, 0.4) is 0 Å². The Kier molecular flexibility index (Phi) is 4.60. The van der Waals surface area contributed by atoms with E-state index in [-0.39, 0.29) is 5.41 Å². The van der Waals surface area contributed by atoms with Crippen LogP contribution in [0.5, 0.6) is 0 Å². The number of H-pyrrole nitrogens is 1. The van der Waals surface area contributed by atoms with Crippen molar-refractivity contribution in [3.63, 3.8) is 0 Å². The number of hydrogen-bond acceptors (Lipinski definition) is 4. The van der Waals surface area contributed by atoms with Crippen molar-refractivity contribution in [2.45, 2.75) is 38.8 Å². The van der Waals surface area contributed by atoms with E-state index in [2.05, 4.69) is 48.2 Å². The van der Waals surface area contributed by atoms with Gasteiger partial charge in [0.2, 0.25) is 0 Å². The smallest absolute Gasteiger partial charge is 0.0826 e. The van der Waals surface area contributed by atoms with Gasteiger partial charge in [0.15, 0.2) is 0 Å². The van der Waals surface area contributed by atoms with Gasteiger partial charge in [-0.3, -0.25) is 5.10 Å². The van der Waals surface area contributed by atoms with Gasteiger partial charge in [0.1, 0.15) is 0 Å². The SMILES string of the molecule is CN1CCO[C@@H](CNCc2cn[nH]c2C(C)(C)C)C1. The molecule has 0 saturated carbocycles. The maximum Gasteiger partial charge on any atom is 0.0826 e. The van der Waals surface area contributed by atoms with Crippen LogP contribution in [0.2, 0.25) is 0 Å². The lowest BCUT2D eigenvalue weighted by atomic mass is 9.89. The van der Waals surface area contributed by atoms with Gasteiger partial charge in [0.25, 0.3) is 0 Å². The van der Waals surface area contributed by atoms with Crippen LogP contribution in [0.1, 0.15) is 32.0 Å². The quantitative estimate of drug-likeness (QED) is 0.858. The van der Waals surface area contributed by atoms with Gasteiger partial charge < -0.3 is 15.0 Å². The predicted molar refractivity (Wildman–Crippen MR) is 76.2 cm³/mol. The second kappa shape index (κ2) is 6.03. The van der Waals surface area contributed by atoms with Crippen molar-refractivity contribution >= 4 is 0 Å². The molecule has 5 nitrogen and oxygen atoms in total. The average molecular weight is 266 g/mol. The highest BCUT2D eigenvalue weighted by molar-refractivity contribution is 5.23. The molecule has 1 aliphatic heterocycles. The summed E-state index contributed by atoms with van der Waals surface area (Å²) >= 11 is 0. The highest BCUT2D eigenvalue weighted by atomic mass is 16.5. The van der Waals surface area contributed by atoms with Crippen molar-refractivity contribution in [3.05, 3.63) is 17.5 Å². The van der Waals surface area contributed by atoms with Gasteiger partial charge in [0.05, 0.1) is 18.9 Å². The fourth-order valence-electron chi connectivity index (χ4n) is 2.45. The van der Waals surface area contributed by atoms with E-state index >= 15 is 0 Å². The normalized spacial score (nSPS) is 21.8. The first kappa shape index (κ1) is 14.5. The summed E-state index contributed by atoms with van der Waals surface area (Å²) in [4.78, 5) is 2.31. The molecule has 2 N–H and O–H groups in total. The van der Waals surface area contributed by atoms with Crippen LogP contribution in [0.4, 0.5) is 0 Å². The predicted octanol–water partition coefficient (Wildman–Crippen LogP) is 1.13. The molecule has 19 heavy (non-hydrogen) atoms. The molecule has 1 atom stereocenters. The molecule has 1 aromatic heterocycles. The van der Waals surface area contributed by atoms with Gasteiger partial charge in [-0.05, 0) is 7.05 Å². The van der Waals surface area contributed by atoms with E-state index in [1.807, 2.05) is 6.20 Å². The van der Waals surface area contributed by atoms with Crippen molar-refractivity contribution in [2.75, 3.05) is 33.3 Å². The van der Waals surface area contributed by atoms with Crippen LogP contribution in [0.25, 0.3) is 0 Å². The van der Waals surface area contributed by atoms with Gasteiger partial charge in [-0.2, -0.15) is 5.10 Å². The molecule has 0 amide bonds. The summed E-state index contributed by atoms with van der Waals surface area (Å²) in [5.74, 6) is 0. The maximum absolute atomic E-state index is 5.74. The van der Waals surface area contributed by atoms with Crippen LogP contribution in [0, 0.1) is 0 Å². The van der Waals surface area contributed by atoms with E-state index < -0.39 is 0 Å². The van der Waals surface area contributed by atoms with Gasteiger partial charge in [-0.1, -0.05) is 20.8 Å². The van der Waals surface area contributed by atoms with Crippen molar-refractivity contribution < 1.29 is 4.74 Å². The van der Waals surface area contributed by atoms with Gasteiger partial charge >= 0.3 is 0 Å². The summed E-state index contributed by atoms with van der Waals surface area (Å²) in [5.41, 5.74) is 2.56. The number of rotatable bonds is 4. The topological polar surface area (TPSA) is 53.2 Å². The van der Waals surface area contributed by atoms with E-state index in [1.54, 1.807) is 0 Å². The molecule has 108 valence electrons. The number of morpholine rings is 1. The molecule has 0 bridgehead atoms. The second-order valence-corrected chi connectivity index (χ2v) is 6.41. The largest absolute Gasteiger partial charge is 0.374 e. The molecular formula is C14H26N4O. The zero-order chi connectivity index (χ0) is 13.9. The molecule has 0 aliphatic carbocycles. The third-order valence-electron chi connectivity index (χ3n) is 3.50. The molecule has 2 rings (SSSR count). The van der Waals surface area contributed by atoms with Gasteiger partial charge in [-0.25, -0.2) is 0 Å². The number of hydrogen-bond donors (Lipinski definition) is 2. The molecule has 5 heteroatoms. The van der Waals surface area contributed by atoms with Crippen LogP contribution in [-0.2, 0) is 16.7 Å². The fraction of sp³-hybridized carbons (Fsp3) is 0.786. The first-order chi connectivity index (χ1) is 8.97. The first-order valence-corrected chi connectivity index (χ1v) is 7.00. The number of nitrogens with one attached hydrogen (secondary N) is 2. The van der Waals surface area contributed by atoms with E-state index in [9.17, 15) is 0 Å². The summed E-state index contributed by atoms with van der Waals surface area (Å²) in [6.45, 7) is 11.2. The van der Waals surface area contributed by atoms with Crippen LogP contribution >= 0.6 is 0 Å². The Morgan fingerprint density at radius 3 is 3.00 bits per heavy atom. The van der Waals surface area contributed by atoms with E-state index in [1.165, 1.54) is 11.3 Å². The molecule has 2 heterocycles. The Balaban J connectivity index is 1.81. The highest BCUT2D eigenvalue weighted by Crippen LogP contribution is 2.23. The lowest BCUT2D eigenvalue weighted by Gasteiger charge is -2.30. The molecule has 1 saturated heterocycles. The minimum atomic E-state index is 0.106. The number of aromatic nitrogens is 2. The van der Waals surface area contributed by atoms with E-state index in [0.29, 0.717) is 6.10 Å². The standard InChI is InChI=1S/C14H26N4O/c1-14(2,3)13-11(8-16-17-13)7-15-9-12-10-18(4)5-6-19-12/h8,12,15H,5-7,9-10H2,1-4H3,(H,16,17)/t12-/m0/s1. The third-order valence-corrected chi connectivity index (χ3v) is 3.50. The fourth-order valence-corrected chi connectivity index (χ4v) is 2.45. The maximum atomic E-state index is 5.74. The molecule has 1 fully saturated rings. The molecule has 1 aromatic rings. The first-order valence-electron chi connectivity index (χ1n) is 7.00. The minimum absolute atomic E-state index is 0.106. The average Bonchev–Trinajstić information content (AvgIpc) is 2.77. The van der Waals surface area contributed by atoms with Crippen molar-refractivity contribution in [1.82, 2.24) is 20.4 Å². The van der Waals surface area contributed by atoms with Gasteiger partial charge in [-0.15, -0.1) is 0 Å². The van der Waals surface area contributed by atoms with Crippen LogP contribution < -0.4 is 5.32 Å². The highest BCUT2D eigenvalue weighted by Gasteiger charge is 2.21. The third kappa shape index (κ3) is 4.03. The van der Waals surface area contributed by atoms with Crippen molar-refractivity contribution in [1.29, 1.82) is 0 Å². The van der Waals surface area contributed by atoms with Crippen molar-refractivity contribution in [3.8, 4) is 0 Å². The molecule has 0 spiro atoms. The van der Waals surface area contributed by atoms with Crippen LogP contribution in [0.15, 0.2) is 6.20 Å².